The lowest BCUT2D eigenvalue weighted by molar-refractivity contribution is -0.120. The highest BCUT2D eigenvalue weighted by molar-refractivity contribution is 5.96. The number of rotatable bonds is 2. The molecule has 1 aromatic heterocycles. The molecular formula is C16H17N3O. The van der Waals surface area contributed by atoms with Crippen LogP contribution >= 0.6 is 0 Å². The topological polar surface area (TPSA) is 45.2 Å². The van der Waals surface area contributed by atoms with E-state index in [1.807, 2.05) is 24.3 Å². The fourth-order valence-corrected chi connectivity index (χ4v) is 2.54. The molecule has 4 nitrogen and oxygen atoms in total. The number of fused-ring (bicyclic) bond motifs is 1. The van der Waals surface area contributed by atoms with Gasteiger partial charge in [0.2, 0.25) is 5.91 Å². The summed E-state index contributed by atoms with van der Waals surface area (Å²) in [6.07, 6.45) is 4.14. The van der Waals surface area contributed by atoms with Gasteiger partial charge < -0.3 is 10.2 Å². The van der Waals surface area contributed by atoms with E-state index in [4.69, 9.17) is 0 Å². The second kappa shape index (κ2) is 5.43. The quantitative estimate of drug-likeness (QED) is 0.901. The van der Waals surface area contributed by atoms with E-state index in [1.165, 1.54) is 11.1 Å². The molecule has 0 radical (unpaired) electrons. The number of hydrogen-bond acceptors (Lipinski definition) is 3. The van der Waals surface area contributed by atoms with Crippen molar-refractivity contribution in [1.82, 2.24) is 10.3 Å². The molecule has 0 spiro atoms. The number of hydrogen-bond donors (Lipinski definition) is 1. The van der Waals surface area contributed by atoms with E-state index in [-0.39, 0.29) is 11.9 Å². The normalized spacial score (nSPS) is 17.4. The first-order chi connectivity index (χ1) is 9.75. The van der Waals surface area contributed by atoms with Crippen LogP contribution < -0.4 is 10.2 Å². The van der Waals surface area contributed by atoms with Crippen LogP contribution in [0.2, 0.25) is 0 Å². The monoisotopic (exact) mass is 267 g/mol. The molecule has 0 fully saturated rings. The minimum atomic E-state index is -0.171. The van der Waals surface area contributed by atoms with Gasteiger partial charge in [-0.2, -0.15) is 0 Å². The Morgan fingerprint density at radius 3 is 2.80 bits per heavy atom. The lowest BCUT2D eigenvalue weighted by Gasteiger charge is -2.28. The maximum Gasteiger partial charge on any atom is 0.244 e. The number of anilines is 1. The first-order valence-corrected chi connectivity index (χ1v) is 6.73. The summed E-state index contributed by atoms with van der Waals surface area (Å²) in [6, 6.07) is 11.8. The van der Waals surface area contributed by atoms with Crippen LogP contribution in [0.5, 0.6) is 0 Å². The molecule has 0 saturated heterocycles. The standard InChI is InChI=1S/C16H17N3O/c1-19(14-7-4-8-17-11-14)16(20)15-9-12-5-2-3-6-13(12)10-18-15/h2-8,11,15,18H,9-10H2,1H3/t15-/m0/s1. The van der Waals surface area contributed by atoms with Crippen molar-refractivity contribution in [3.8, 4) is 0 Å². The predicted molar refractivity (Wildman–Crippen MR) is 78.4 cm³/mol. The molecule has 3 rings (SSSR count). The van der Waals surface area contributed by atoms with E-state index in [1.54, 1.807) is 24.3 Å². The number of likely N-dealkylation sites (N-methyl/N-ethyl adjacent to an activating group) is 1. The lowest BCUT2D eigenvalue weighted by Crippen LogP contribution is -2.48. The summed E-state index contributed by atoms with van der Waals surface area (Å²) in [4.78, 5) is 18.3. The van der Waals surface area contributed by atoms with Crippen molar-refractivity contribution < 1.29 is 4.79 Å². The van der Waals surface area contributed by atoms with Gasteiger partial charge in [0.15, 0.2) is 0 Å². The van der Waals surface area contributed by atoms with E-state index in [0.29, 0.717) is 0 Å². The van der Waals surface area contributed by atoms with E-state index in [2.05, 4.69) is 22.4 Å². The number of aromatic nitrogens is 1. The van der Waals surface area contributed by atoms with Crippen molar-refractivity contribution in [3.05, 3.63) is 59.9 Å². The molecule has 1 aliphatic heterocycles. The third-order valence-electron chi connectivity index (χ3n) is 3.74. The zero-order valence-corrected chi connectivity index (χ0v) is 11.4. The highest BCUT2D eigenvalue weighted by atomic mass is 16.2. The SMILES string of the molecule is CN(C(=O)[C@@H]1Cc2ccccc2CN1)c1cccnc1. The van der Waals surface area contributed by atoms with Gasteiger partial charge >= 0.3 is 0 Å². The van der Waals surface area contributed by atoms with Crippen molar-refractivity contribution in [2.45, 2.75) is 19.0 Å². The minimum absolute atomic E-state index is 0.0764. The summed E-state index contributed by atoms with van der Waals surface area (Å²) in [7, 11) is 1.79. The number of carbonyl (C=O) groups is 1. The zero-order chi connectivity index (χ0) is 13.9. The summed E-state index contributed by atoms with van der Waals surface area (Å²) >= 11 is 0. The van der Waals surface area contributed by atoms with Crippen molar-refractivity contribution in [3.63, 3.8) is 0 Å². The Morgan fingerprint density at radius 2 is 2.05 bits per heavy atom. The average Bonchev–Trinajstić information content (AvgIpc) is 2.54. The summed E-state index contributed by atoms with van der Waals surface area (Å²) in [5.74, 6) is 0.0764. The smallest absolute Gasteiger partial charge is 0.244 e. The Kier molecular flexibility index (Phi) is 3.48. The van der Waals surface area contributed by atoms with Gasteiger partial charge in [0.1, 0.15) is 0 Å². The average molecular weight is 267 g/mol. The molecule has 102 valence electrons. The van der Waals surface area contributed by atoms with Crippen LogP contribution in [0.25, 0.3) is 0 Å². The highest BCUT2D eigenvalue weighted by Gasteiger charge is 2.26. The molecule has 1 atom stereocenters. The number of amides is 1. The molecule has 1 N–H and O–H groups in total. The van der Waals surface area contributed by atoms with E-state index in [0.717, 1.165) is 18.7 Å². The van der Waals surface area contributed by atoms with Crippen molar-refractivity contribution in [2.75, 3.05) is 11.9 Å². The van der Waals surface area contributed by atoms with Crippen molar-refractivity contribution in [2.24, 2.45) is 0 Å². The fraction of sp³-hybridized carbons (Fsp3) is 0.250. The van der Waals surface area contributed by atoms with Crippen LogP contribution in [0.15, 0.2) is 48.8 Å². The molecule has 4 heteroatoms. The van der Waals surface area contributed by atoms with Gasteiger partial charge in [-0.15, -0.1) is 0 Å². The zero-order valence-electron chi connectivity index (χ0n) is 11.4. The molecule has 1 aliphatic rings. The molecule has 1 amide bonds. The van der Waals surface area contributed by atoms with Crippen LogP contribution in [0.1, 0.15) is 11.1 Å². The van der Waals surface area contributed by atoms with Crippen LogP contribution in [-0.2, 0) is 17.8 Å². The number of nitrogens with one attached hydrogen (secondary N) is 1. The van der Waals surface area contributed by atoms with Gasteiger partial charge in [0.05, 0.1) is 17.9 Å². The van der Waals surface area contributed by atoms with Gasteiger partial charge in [0.25, 0.3) is 0 Å². The summed E-state index contributed by atoms with van der Waals surface area (Å²) in [5, 5.41) is 3.31. The molecule has 2 aromatic rings. The van der Waals surface area contributed by atoms with E-state index < -0.39 is 0 Å². The van der Waals surface area contributed by atoms with Gasteiger partial charge in [-0.05, 0) is 29.7 Å². The predicted octanol–water partition coefficient (Wildman–Crippen LogP) is 1.76. The van der Waals surface area contributed by atoms with E-state index >= 15 is 0 Å². The molecule has 0 saturated carbocycles. The molecular weight excluding hydrogens is 250 g/mol. The van der Waals surface area contributed by atoms with Crippen molar-refractivity contribution >= 4 is 11.6 Å². The maximum atomic E-state index is 12.5. The third kappa shape index (κ3) is 2.42. The Hall–Kier alpha value is -2.20. The first-order valence-electron chi connectivity index (χ1n) is 6.73. The van der Waals surface area contributed by atoms with Crippen LogP contribution in [0, 0.1) is 0 Å². The van der Waals surface area contributed by atoms with Gasteiger partial charge in [0, 0.05) is 19.8 Å². The largest absolute Gasteiger partial charge is 0.313 e. The summed E-state index contributed by atoms with van der Waals surface area (Å²) < 4.78 is 0. The number of pyridine rings is 1. The number of nitrogens with zero attached hydrogens (tertiary/aromatic N) is 2. The van der Waals surface area contributed by atoms with Crippen LogP contribution in [-0.4, -0.2) is 24.0 Å². The van der Waals surface area contributed by atoms with Gasteiger partial charge in [-0.25, -0.2) is 0 Å². The molecule has 1 aromatic carbocycles. The summed E-state index contributed by atoms with van der Waals surface area (Å²) in [6.45, 7) is 0.744. The lowest BCUT2D eigenvalue weighted by atomic mass is 9.95. The Bertz CT molecular complexity index is 612. The van der Waals surface area contributed by atoms with Gasteiger partial charge in [-0.1, -0.05) is 24.3 Å². The van der Waals surface area contributed by atoms with Crippen LogP contribution in [0.3, 0.4) is 0 Å². The molecule has 0 unspecified atom stereocenters. The molecule has 2 heterocycles. The Balaban J connectivity index is 1.76. The molecule has 20 heavy (non-hydrogen) atoms. The fourth-order valence-electron chi connectivity index (χ4n) is 2.54. The van der Waals surface area contributed by atoms with Gasteiger partial charge in [-0.3, -0.25) is 9.78 Å². The first kappa shape index (κ1) is 12.8. The second-order valence-electron chi connectivity index (χ2n) is 5.01. The maximum absolute atomic E-state index is 12.5. The second-order valence-corrected chi connectivity index (χ2v) is 5.01. The summed E-state index contributed by atoms with van der Waals surface area (Å²) in [5.41, 5.74) is 3.35. The Labute approximate surface area is 118 Å². The third-order valence-corrected chi connectivity index (χ3v) is 3.74. The van der Waals surface area contributed by atoms with Crippen molar-refractivity contribution in [1.29, 1.82) is 0 Å². The van der Waals surface area contributed by atoms with Crippen LogP contribution in [0.4, 0.5) is 5.69 Å². The molecule has 0 bridgehead atoms. The number of benzene rings is 1. The highest BCUT2D eigenvalue weighted by Crippen LogP contribution is 2.19. The Morgan fingerprint density at radius 1 is 1.25 bits per heavy atom. The van der Waals surface area contributed by atoms with E-state index in [9.17, 15) is 4.79 Å². The molecule has 0 aliphatic carbocycles. The minimum Gasteiger partial charge on any atom is -0.313 e. The number of carbonyl (C=O) groups excluding carboxylic acids is 1.